The predicted molar refractivity (Wildman–Crippen MR) is 99.8 cm³/mol. The minimum atomic E-state index is -0.684. The van der Waals surface area contributed by atoms with Crippen molar-refractivity contribution >= 4 is 33.4 Å². The molecule has 0 spiro atoms. The highest BCUT2D eigenvalue weighted by molar-refractivity contribution is 9.10. The number of ketones is 1. The molecule has 3 rings (SSSR count). The van der Waals surface area contributed by atoms with Gasteiger partial charge in [0.05, 0.1) is 11.6 Å². The molecule has 126 valence electrons. The number of Topliss-reactive ketones (excluding diaryl/α,β-unsaturated/α-hetero) is 1. The van der Waals surface area contributed by atoms with Crippen molar-refractivity contribution in [3.8, 4) is 0 Å². The summed E-state index contributed by atoms with van der Waals surface area (Å²) in [7, 11) is 0. The van der Waals surface area contributed by atoms with Crippen LogP contribution in [0.15, 0.2) is 77.3 Å². The second-order valence-electron chi connectivity index (χ2n) is 5.66. The molecular formula is C20H16BrNO3. The summed E-state index contributed by atoms with van der Waals surface area (Å²) in [5.74, 6) is -1.49. The Morgan fingerprint density at radius 3 is 2.36 bits per heavy atom. The largest absolute Gasteiger partial charge is 0.507 e. The maximum absolute atomic E-state index is 12.6. The molecule has 1 N–H and O–H groups in total. The van der Waals surface area contributed by atoms with Crippen molar-refractivity contribution in [1.29, 1.82) is 0 Å². The average molecular weight is 398 g/mol. The van der Waals surface area contributed by atoms with Gasteiger partial charge in [0.2, 0.25) is 0 Å². The van der Waals surface area contributed by atoms with Crippen LogP contribution in [0, 0.1) is 0 Å². The van der Waals surface area contributed by atoms with Crippen LogP contribution in [0.3, 0.4) is 0 Å². The first-order chi connectivity index (χ1) is 12.0. The number of amides is 1. The zero-order valence-electron chi connectivity index (χ0n) is 13.4. The molecule has 25 heavy (non-hydrogen) atoms. The standard InChI is InChI=1S/C20H16BrNO3/c1-2-12-22-17(13-8-10-15(21)11-9-13)16(19(24)20(22)25)18(23)14-6-4-3-5-7-14/h2-11,17,23H,1,12H2. The van der Waals surface area contributed by atoms with Gasteiger partial charge in [-0.3, -0.25) is 9.59 Å². The van der Waals surface area contributed by atoms with E-state index in [2.05, 4.69) is 22.5 Å². The third kappa shape index (κ3) is 3.15. The summed E-state index contributed by atoms with van der Waals surface area (Å²) in [5, 5.41) is 10.7. The fourth-order valence-corrected chi connectivity index (χ4v) is 3.21. The van der Waals surface area contributed by atoms with Crippen LogP contribution in [0.5, 0.6) is 0 Å². The molecule has 1 amide bonds. The lowest BCUT2D eigenvalue weighted by Crippen LogP contribution is -2.29. The van der Waals surface area contributed by atoms with E-state index >= 15 is 0 Å². The van der Waals surface area contributed by atoms with Crippen molar-refractivity contribution in [1.82, 2.24) is 4.90 Å². The van der Waals surface area contributed by atoms with Gasteiger partial charge in [0.15, 0.2) is 0 Å². The van der Waals surface area contributed by atoms with Crippen LogP contribution >= 0.6 is 15.9 Å². The summed E-state index contributed by atoms with van der Waals surface area (Å²) in [6, 6.07) is 15.4. The molecule has 0 radical (unpaired) electrons. The quantitative estimate of drug-likeness (QED) is 0.366. The summed E-state index contributed by atoms with van der Waals surface area (Å²) in [5.41, 5.74) is 1.35. The molecule has 4 nitrogen and oxygen atoms in total. The molecule has 1 heterocycles. The first kappa shape index (κ1) is 17.2. The Morgan fingerprint density at radius 1 is 1.12 bits per heavy atom. The zero-order chi connectivity index (χ0) is 18.0. The number of hydrogen-bond acceptors (Lipinski definition) is 3. The van der Waals surface area contributed by atoms with Gasteiger partial charge in [-0.2, -0.15) is 0 Å². The first-order valence-electron chi connectivity index (χ1n) is 7.74. The number of aliphatic hydroxyl groups is 1. The van der Waals surface area contributed by atoms with Crippen LogP contribution in [0.1, 0.15) is 17.2 Å². The van der Waals surface area contributed by atoms with Crippen molar-refractivity contribution in [3.05, 3.63) is 88.4 Å². The molecule has 1 atom stereocenters. The normalized spacial score (nSPS) is 19.2. The van der Waals surface area contributed by atoms with Gasteiger partial charge in [-0.1, -0.05) is 64.5 Å². The molecule has 1 aliphatic rings. The van der Waals surface area contributed by atoms with E-state index in [9.17, 15) is 14.7 Å². The second-order valence-corrected chi connectivity index (χ2v) is 6.57. The first-order valence-corrected chi connectivity index (χ1v) is 8.54. The topological polar surface area (TPSA) is 57.6 Å². The SMILES string of the molecule is C=CCN1C(=O)C(=O)C(=C(O)c2ccccc2)C1c1ccc(Br)cc1. The van der Waals surface area contributed by atoms with Crippen LogP contribution in [-0.4, -0.2) is 28.2 Å². The molecule has 2 aromatic rings. The van der Waals surface area contributed by atoms with Gasteiger partial charge in [-0.25, -0.2) is 0 Å². The Hall–Kier alpha value is -2.66. The lowest BCUT2D eigenvalue weighted by molar-refractivity contribution is -0.139. The fraction of sp³-hybridized carbons (Fsp3) is 0.100. The molecule has 1 fully saturated rings. The van der Waals surface area contributed by atoms with Gasteiger partial charge in [0.1, 0.15) is 5.76 Å². The Kier molecular flexibility index (Phi) is 4.86. The summed E-state index contributed by atoms with van der Waals surface area (Å²) in [4.78, 5) is 26.5. The number of likely N-dealkylation sites (tertiary alicyclic amines) is 1. The van der Waals surface area contributed by atoms with E-state index in [-0.39, 0.29) is 17.9 Å². The van der Waals surface area contributed by atoms with E-state index in [0.29, 0.717) is 5.56 Å². The number of benzene rings is 2. The highest BCUT2D eigenvalue weighted by Crippen LogP contribution is 2.39. The van der Waals surface area contributed by atoms with Gasteiger partial charge in [0, 0.05) is 16.6 Å². The molecule has 0 aliphatic carbocycles. The Labute approximate surface area is 154 Å². The number of carbonyl (C=O) groups is 2. The fourth-order valence-electron chi connectivity index (χ4n) is 2.95. The third-order valence-electron chi connectivity index (χ3n) is 4.10. The van der Waals surface area contributed by atoms with Crippen molar-refractivity contribution in [2.75, 3.05) is 6.54 Å². The van der Waals surface area contributed by atoms with E-state index in [0.717, 1.165) is 10.0 Å². The molecule has 1 aliphatic heterocycles. The molecule has 0 saturated carbocycles. The van der Waals surface area contributed by atoms with Crippen LogP contribution in [0.4, 0.5) is 0 Å². The molecule has 0 aromatic heterocycles. The Bertz CT molecular complexity index is 856. The Balaban J connectivity index is 2.19. The average Bonchev–Trinajstić information content (AvgIpc) is 2.88. The van der Waals surface area contributed by atoms with E-state index in [1.807, 2.05) is 30.3 Å². The molecule has 0 bridgehead atoms. The number of nitrogens with zero attached hydrogens (tertiary/aromatic N) is 1. The van der Waals surface area contributed by atoms with E-state index in [1.165, 1.54) is 4.90 Å². The van der Waals surface area contributed by atoms with Gasteiger partial charge in [0.25, 0.3) is 11.7 Å². The van der Waals surface area contributed by atoms with Crippen molar-refractivity contribution in [3.63, 3.8) is 0 Å². The zero-order valence-corrected chi connectivity index (χ0v) is 14.9. The summed E-state index contributed by atoms with van der Waals surface area (Å²) >= 11 is 3.38. The third-order valence-corrected chi connectivity index (χ3v) is 4.63. The van der Waals surface area contributed by atoms with Crippen molar-refractivity contribution in [2.45, 2.75) is 6.04 Å². The van der Waals surface area contributed by atoms with E-state index in [1.54, 1.807) is 30.3 Å². The van der Waals surface area contributed by atoms with Crippen LogP contribution in [0.25, 0.3) is 5.76 Å². The minimum Gasteiger partial charge on any atom is -0.507 e. The number of rotatable bonds is 4. The Morgan fingerprint density at radius 2 is 1.76 bits per heavy atom. The number of halogens is 1. The predicted octanol–water partition coefficient (Wildman–Crippen LogP) is 4.06. The summed E-state index contributed by atoms with van der Waals surface area (Å²) in [6.07, 6.45) is 1.57. The molecule has 5 heteroatoms. The van der Waals surface area contributed by atoms with Gasteiger partial charge >= 0.3 is 0 Å². The second kappa shape index (κ2) is 7.07. The lowest BCUT2D eigenvalue weighted by atomic mass is 9.95. The van der Waals surface area contributed by atoms with Crippen LogP contribution in [0.2, 0.25) is 0 Å². The highest BCUT2D eigenvalue weighted by Gasteiger charge is 2.45. The van der Waals surface area contributed by atoms with Crippen molar-refractivity contribution < 1.29 is 14.7 Å². The maximum Gasteiger partial charge on any atom is 0.295 e. The van der Waals surface area contributed by atoms with Gasteiger partial charge in [-0.05, 0) is 17.7 Å². The smallest absolute Gasteiger partial charge is 0.295 e. The molecule has 1 unspecified atom stereocenters. The molecular weight excluding hydrogens is 382 g/mol. The van der Waals surface area contributed by atoms with Gasteiger partial charge in [-0.15, -0.1) is 6.58 Å². The number of carbonyl (C=O) groups excluding carboxylic acids is 2. The van der Waals surface area contributed by atoms with Crippen molar-refractivity contribution in [2.24, 2.45) is 0 Å². The molecule has 2 aromatic carbocycles. The summed E-state index contributed by atoms with van der Waals surface area (Å²) < 4.78 is 0.889. The van der Waals surface area contributed by atoms with E-state index in [4.69, 9.17) is 0 Å². The number of aliphatic hydroxyl groups excluding tert-OH is 1. The van der Waals surface area contributed by atoms with Gasteiger partial charge < -0.3 is 10.0 Å². The summed E-state index contributed by atoms with van der Waals surface area (Å²) in [6.45, 7) is 3.88. The van der Waals surface area contributed by atoms with E-state index < -0.39 is 17.7 Å². The monoisotopic (exact) mass is 397 g/mol. The highest BCUT2D eigenvalue weighted by atomic mass is 79.9. The van der Waals surface area contributed by atoms with Crippen LogP contribution in [-0.2, 0) is 9.59 Å². The maximum atomic E-state index is 12.6. The van der Waals surface area contributed by atoms with Crippen LogP contribution < -0.4 is 0 Å². The minimum absolute atomic E-state index is 0.0976. The molecule has 1 saturated heterocycles. The number of hydrogen-bond donors (Lipinski definition) is 1. The lowest BCUT2D eigenvalue weighted by Gasteiger charge is -2.24.